The van der Waals surface area contributed by atoms with Crippen molar-refractivity contribution in [1.29, 1.82) is 0 Å². The zero-order valence-corrected chi connectivity index (χ0v) is 12.3. The van der Waals surface area contributed by atoms with Crippen LogP contribution in [0.3, 0.4) is 0 Å². The van der Waals surface area contributed by atoms with Crippen LogP contribution in [-0.4, -0.2) is 50.4 Å². The zero-order valence-electron chi connectivity index (χ0n) is 12.3. The first-order valence-electron chi connectivity index (χ1n) is 7.72. The van der Waals surface area contributed by atoms with Crippen LogP contribution in [0.15, 0.2) is 24.3 Å². The van der Waals surface area contributed by atoms with Gasteiger partial charge in [-0.25, -0.2) is 4.79 Å². The Labute approximate surface area is 125 Å². The average molecular weight is 290 g/mol. The van der Waals surface area contributed by atoms with Gasteiger partial charge in [0.15, 0.2) is 0 Å². The van der Waals surface area contributed by atoms with Crippen molar-refractivity contribution in [3.63, 3.8) is 0 Å². The molecule has 2 fully saturated rings. The molecule has 3 rings (SSSR count). The lowest BCUT2D eigenvalue weighted by molar-refractivity contribution is 0.0416. The Balaban J connectivity index is 1.57. The molecule has 0 aromatic heterocycles. The third-order valence-corrected chi connectivity index (χ3v) is 4.03. The summed E-state index contributed by atoms with van der Waals surface area (Å²) in [4.78, 5) is 16.1. The van der Waals surface area contributed by atoms with Gasteiger partial charge in [-0.2, -0.15) is 0 Å². The number of nitrogens with zero attached hydrogens (tertiary/aromatic N) is 2. The van der Waals surface area contributed by atoms with E-state index in [1.165, 1.54) is 24.9 Å². The number of piperidine rings is 1. The second-order valence-corrected chi connectivity index (χ2v) is 5.51. The molecule has 0 spiro atoms. The fraction of sp³-hybridized carbons (Fsp3) is 0.562. The predicted molar refractivity (Wildman–Crippen MR) is 80.9 cm³/mol. The van der Waals surface area contributed by atoms with E-state index in [0.717, 1.165) is 13.1 Å². The molecule has 2 aliphatic rings. The van der Waals surface area contributed by atoms with Crippen LogP contribution in [0.4, 0.5) is 10.5 Å². The molecule has 0 bridgehead atoms. The number of hydrogen-bond donors (Lipinski definition) is 0. The Hall–Kier alpha value is -1.75. The van der Waals surface area contributed by atoms with Gasteiger partial charge in [0.2, 0.25) is 0 Å². The molecule has 0 aliphatic carbocycles. The van der Waals surface area contributed by atoms with Crippen LogP contribution in [0.1, 0.15) is 19.3 Å². The minimum Gasteiger partial charge on any atom is -0.410 e. The molecule has 5 heteroatoms. The van der Waals surface area contributed by atoms with Crippen molar-refractivity contribution in [2.45, 2.75) is 19.3 Å². The Bertz CT molecular complexity index is 463. The first-order chi connectivity index (χ1) is 10.3. The normalized spacial score (nSPS) is 19.4. The van der Waals surface area contributed by atoms with Crippen LogP contribution in [0.2, 0.25) is 0 Å². The number of amides is 1. The van der Waals surface area contributed by atoms with Crippen molar-refractivity contribution in [2.75, 3.05) is 44.3 Å². The first-order valence-corrected chi connectivity index (χ1v) is 7.72. The number of carbonyl (C=O) groups excluding carboxylic acids is 1. The molecule has 0 saturated carbocycles. The van der Waals surface area contributed by atoms with Gasteiger partial charge in [0.1, 0.15) is 5.75 Å². The number of carbonyl (C=O) groups is 1. The van der Waals surface area contributed by atoms with E-state index in [-0.39, 0.29) is 6.09 Å². The molecule has 2 aliphatic heterocycles. The van der Waals surface area contributed by atoms with Gasteiger partial charge in [0, 0.05) is 31.9 Å². The van der Waals surface area contributed by atoms with Crippen LogP contribution in [0.25, 0.3) is 0 Å². The molecular formula is C16H22N2O3. The Morgan fingerprint density at radius 1 is 0.952 bits per heavy atom. The molecule has 0 unspecified atom stereocenters. The van der Waals surface area contributed by atoms with E-state index in [2.05, 4.69) is 4.90 Å². The van der Waals surface area contributed by atoms with Crippen molar-refractivity contribution in [2.24, 2.45) is 0 Å². The number of morpholine rings is 1. The van der Waals surface area contributed by atoms with Gasteiger partial charge in [-0.05, 0) is 43.5 Å². The van der Waals surface area contributed by atoms with Crippen molar-refractivity contribution in [1.82, 2.24) is 4.90 Å². The highest BCUT2D eigenvalue weighted by Crippen LogP contribution is 2.23. The van der Waals surface area contributed by atoms with E-state index in [1.807, 2.05) is 24.3 Å². The maximum Gasteiger partial charge on any atom is 0.415 e. The quantitative estimate of drug-likeness (QED) is 0.839. The monoisotopic (exact) mass is 290 g/mol. The fourth-order valence-electron chi connectivity index (χ4n) is 2.79. The van der Waals surface area contributed by atoms with Crippen LogP contribution >= 0.6 is 0 Å². The van der Waals surface area contributed by atoms with Crippen LogP contribution in [0.5, 0.6) is 5.75 Å². The molecule has 0 atom stereocenters. The first kappa shape index (κ1) is 14.2. The Morgan fingerprint density at radius 3 is 2.29 bits per heavy atom. The third kappa shape index (κ3) is 3.67. The molecular weight excluding hydrogens is 268 g/mol. The van der Waals surface area contributed by atoms with Gasteiger partial charge < -0.3 is 19.3 Å². The second kappa shape index (κ2) is 6.80. The highest BCUT2D eigenvalue weighted by molar-refractivity contribution is 5.71. The summed E-state index contributed by atoms with van der Waals surface area (Å²) >= 11 is 0. The van der Waals surface area contributed by atoms with Gasteiger partial charge in [0.25, 0.3) is 0 Å². The van der Waals surface area contributed by atoms with Crippen LogP contribution in [-0.2, 0) is 4.74 Å². The van der Waals surface area contributed by atoms with Crippen LogP contribution < -0.4 is 9.64 Å². The summed E-state index contributed by atoms with van der Waals surface area (Å²) in [6.45, 7) is 4.61. The smallest absolute Gasteiger partial charge is 0.410 e. The van der Waals surface area contributed by atoms with Gasteiger partial charge in [0.05, 0.1) is 13.2 Å². The van der Waals surface area contributed by atoms with Gasteiger partial charge in [-0.15, -0.1) is 0 Å². The lowest BCUT2D eigenvalue weighted by Gasteiger charge is -2.29. The van der Waals surface area contributed by atoms with E-state index in [4.69, 9.17) is 9.47 Å². The van der Waals surface area contributed by atoms with Gasteiger partial charge in [-0.1, -0.05) is 0 Å². The zero-order chi connectivity index (χ0) is 14.5. The molecule has 0 radical (unpaired) electrons. The molecule has 0 N–H and O–H groups in total. The number of anilines is 1. The largest absolute Gasteiger partial charge is 0.415 e. The molecule has 1 aromatic carbocycles. The highest BCUT2D eigenvalue weighted by Gasteiger charge is 2.19. The van der Waals surface area contributed by atoms with Crippen molar-refractivity contribution in [3.05, 3.63) is 24.3 Å². The maximum absolute atomic E-state index is 12.0. The van der Waals surface area contributed by atoms with E-state index in [1.54, 1.807) is 4.90 Å². The summed E-state index contributed by atoms with van der Waals surface area (Å²) in [7, 11) is 0. The summed E-state index contributed by atoms with van der Waals surface area (Å²) in [5, 5.41) is 0. The van der Waals surface area contributed by atoms with Crippen molar-refractivity contribution in [3.8, 4) is 5.75 Å². The molecule has 114 valence electrons. The lowest BCUT2D eigenvalue weighted by atomic mass is 10.1. The summed E-state index contributed by atoms with van der Waals surface area (Å²) in [6.07, 6.45) is 3.55. The SMILES string of the molecule is O=C(Oc1ccc(N2CCCCC2)cc1)N1CCOCC1. The van der Waals surface area contributed by atoms with Crippen molar-refractivity contribution < 1.29 is 14.3 Å². The molecule has 1 amide bonds. The minimum atomic E-state index is -0.288. The van der Waals surface area contributed by atoms with Gasteiger partial charge in [-0.3, -0.25) is 0 Å². The minimum absolute atomic E-state index is 0.288. The fourth-order valence-corrected chi connectivity index (χ4v) is 2.79. The molecule has 21 heavy (non-hydrogen) atoms. The highest BCUT2D eigenvalue weighted by atomic mass is 16.6. The Kier molecular flexibility index (Phi) is 4.60. The topological polar surface area (TPSA) is 42.0 Å². The van der Waals surface area contributed by atoms with E-state index < -0.39 is 0 Å². The van der Waals surface area contributed by atoms with Crippen LogP contribution in [0, 0.1) is 0 Å². The third-order valence-electron chi connectivity index (χ3n) is 4.03. The van der Waals surface area contributed by atoms with Gasteiger partial charge >= 0.3 is 6.09 Å². The Morgan fingerprint density at radius 2 is 1.62 bits per heavy atom. The molecule has 2 heterocycles. The van der Waals surface area contributed by atoms with E-state index in [9.17, 15) is 4.79 Å². The average Bonchev–Trinajstić information content (AvgIpc) is 2.57. The number of hydrogen-bond acceptors (Lipinski definition) is 4. The second-order valence-electron chi connectivity index (χ2n) is 5.51. The molecule has 1 aromatic rings. The predicted octanol–water partition coefficient (Wildman–Crippen LogP) is 2.51. The van der Waals surface area contributed by atoms with E-state index >= 15 is 0 Å². The summed E-state index contributed by atoms with van der Waals surface area (Å²) in [5.74, 6) is 0.604. The standard InChI is InChI=1S/C16H22N2O3/c19-16(18-10-12-20-13-11-18)21-15-6-4-14(5-7-15)17-8-2-1-3-9-17/h4-7H,1-3,8-13H2. The maximum atomic E-state index is 12.0. The summed E-state index contributed by atoms with van der Waals surface area (Å²) in [5.41, 5.74) is 1.21. The lowest BCUT2D eigenvalue weighted by Crippen LogP contribution is -2.42. The van der Waals surface area contributed by atoms with E-state index in [0.29, 0.717) is 32.1 Å². The molecule has 5 nitrogen and oxygen atoms in total. The van der Waals surface area contributed by atoms with Crippen molar-refractivity contribution >= 4 is 11.8 Å². The summed E-state index contributed by atoms with van der Waals surface area (Å²) in [6, 6.07) is 7.82. The summed E-state index contributed by atoms with van der Waals surface area (Å²) < 4.78 is 10.6. The number of benzene rings is 1. The number of ether oxygens (including phenoxy) is 2. The molecule has 2 saturated heterocycles. The number of rotatable bonds is 2.